The number of benzene rings is 1. The molecule has 0 bridgehead atoms. The zero-order chi connectivity index (χ0) is 11.8. The van der Waals surface area contributed by atoms with E-state index in [4.69, 9.17) is 4.74 Å². The van der Waals surface area contributed by atoms with E-state index in [0.29, 0.717) is 5.56 Å². The van der Waals surface area contributed by atoms with Crippen molar-refractivity contribution in [1.82, 2.24) is 0 Å². The molecule has 0 unspecified atom stereocenters. The molecular weight excluding hydrogens is 221 g/mol. The zero-order valence-corrected chi connectivity index (χ0v) is 7.99. The molecule has 0 fully saturated rings. The second kappa shape index (κ2) is 3.66. The van der Waals surface area contributed by atoms with E-state index in [1.54, 1.807) is 18.2 Å². The molecule has 1 atom stereocenters. The number of carbonyl (C=O) groups is 1. The molecule has 0 N–H and O–H groups in total. The summed E-state index contributed by atoms with van der Waals surface area (Å²) in [6.45, 7) is 0. The highest BCUT2D eigenvalue weighted by Gasteiger charge is 2.45. The summed E-state index contributed by atoms with van der Waals surface area (Å²) in [7, 11) is 0. The van der Waals surface area contributed by atoms with E-state index in [1.807, 2.05) is 0 Å². The normalized spacial score (nSPS) is 19.4. The predicted octanol–water partition coefficient (Wildman–Crippen LogP) is 2.59. The maximum absolute atomic E-state index is 12.5. The van der Waals surface area contributed by atoms with Crippen molar-refractivity contribution in [2.24, 2.45) is 0 Å². The SMILES string of the molecule is O=CC1=Cc2ccccc2O[C@H]1C(F)(F)F. The summed E-state index contributed by atoms with van der Waals surface area (Å²) in [4.78, 5) is 10.6. The van der Waals surface area contributed by atoms with Crippen molar-refractivity contribution in [2.75, 3.05) is 0 Å². The first kappa shape index (κ1) is 10.7. The van der Waals surface area contributed by atoms with Gasteiger partial charge in [-0.3, -0.25) is 4.79 Å². The van der Waals surface area contributed by atoms with Crippen LogP contribution in [-0.2, 0) is 4.79 Å². The van der Waals surface area contributed by atoms with Gasteiger partial charge in [0.1, 0.15) is 12.0 Å². The molecular formula is C11H7F3O2. The van der Waals surface area contributed by atoms with Crippen LogP contribution in [0, 0.1) is 0 Å². The topological polar surface area (TPSA) is 26.3 Å². The minimum absolute atomic E-state index is 0.135. The lowest BCUT2D eigenvalue weighted by Crippen LogP contribution is -2.38. The number of aldehydes is 1. The van der Waals surface area contributed by atoms with E-state index in [1.165, 1.54) is 12.1 Å². The third kappa shape index (κ3) is 1.80. The zero-order valence-electron chi connectivity index (χ0n) is 7.99. The molecule has 84 valence electrons. The maximum atomic E-state index is 12.5. The number of alkyl halides is 3. The molecule has 0 amide bonds. The van der Waals surface area contributed by atoms with Gasteiger partial charge in [0.25, 0.3) is 0 Å². The molecule has 0 radical (unpaired) electrons. The lowest BCUT2D eigenvalue weighted by molar-refractivity contribution is -0.184. The summed E-state index contributed by atoms with van der Waals surface area (Å²) in [6.07, 6.45) is -5.38. The van der Waals surface area contributed by atoms with Crippen LogP contribution < -0.4 is 4.74 Å². The molecule has 1 aromatic carbocycles. The van der Waals surface area contributed by atoms with E-state index >= 15 is 0 Å². The fraction of sp³-hybridized carbons (Fsp3) is 0.182. The van der Waals surface area contributed by atoms with E-state index in [2.05, 4.69) is 0 Å². The second-order valence-electron chi connectivity index (χ2n) is 3.34. The van der Waals surface area contributed by atoms with Crippen molar-refractivity contribution in [3.63, 3.8) is 0 Å². The van der Waals surface area contributed by atoms with E-state index in [9.17, 15) is 18.0 Å². The Labute approximate surface area is 89.3 Å². The molecule has 2 nitrogen and oxygen atoms in total. The van der Waals surface area contributed by atoms with Gasteiger partial charge in [-0.15, -0.1) is 0 Å². The average molecular weight is 228 g/mol. The minimum Gasteiger partial charge on any atom is -0.475 e. The Bertz CT molecular complexity index is 449. The first-order valence-corrected chi connectivity index (χ1v) is 4.51. The third-order valence-corrected chi connectivity index (χ3v) is 2.22. The van der Waals surface area contributed by atoms with Gasteiger partial charge >= 0.3 is 6.18 Å². The van der Waals surface area contributed by atoms with Gasteiger partial charge in [0.2, 0.25) is 6.10 Å². The first-order valence-electron chi connectivity index (χ1n) is 4.51. The fourth-order valence-corrected chi connectivity index (χ4v) is 1.51. The third-order valence-electron chi connectivity index (χ3n) is 2.22. The molecule has 0 aliphatic carbocycles. The molecule has 0 aromatic heterocycles. The Balaban J connectivity index is 2.47. The standard InChI is InChI=1S/C11H7F3O2/c12-11(13,14)10-8(6-15)5-7-3-1-2-4-9(7)16-10/h1-6,10H/t10-/m1/s1. The number of hydrogen-bond donors (Lipinski definition) is 0. The number of para-hydroxylation sites is 1. The lowest BCUT2D eigenvalue weighted by atomic mass is 10.0. The van der Waals surface area contributed by atoms with Gasteiger partial charge < -0.3 is 4.74 Å². The highest BCUT2D eigenvalue weighted by Crippen LogP contribution is 2.35. The van der Waals surface area contributed by atoms with E-state index in [-0.39, 0.29) is 12.0 Å². The van der Waals surface area contributed by atoms with Crippen LogP contribution in [0.5, 0.6) is 5.75 Å². The summed E-state index contributed by atoms with van der Waals surface area (Å²) in [5.74, 6) is 0.135. The highest BCUT2D eigenvalue weighted by molar-refractivity contribution is 5.85. The molecule has 1 heterocycles. The number of hydrogen-bond acceptors (Lipinski definition) is 2. The van der Waals surface area contributed by atoms with Crippen molar-refractivity contribution in [3.05, 3.63) is 35.4 Å². The number of halogens is 3. The van der Waals surface area contributed by atoms with Crippen LogP contribution in [0.1, 0.15) is 5.56 Å². The average Bonchev–Trinajstić information content (AvgIpc) is 2.26. The van der Waals surface area contributed by atoms with Crippen molar-refractivity contribution in [3.8, 4) is 5.75 Å². The van der Waals surface area contributed by atoms with Crippen LogP contribution in [0.3, 0.4) is 0 Å². The molecule has 0 saturated heterocycles. The Morgan fingerprint density at radius 1 is 1.25 bits per heavy atom. The molecule has 1 aliphatic heterocycles. The molecule has 5 heteroatoms. The van der Waals surface area contributed by atoms with Gasteiger partial charge in [-0.25, -0.2) is 0 Å². The molecule has 0 spiro atoms. The molecule has 0 saturated carbocycles. The second-order valence-corrected chi connectivity index (χ2v) is 3.34. The summed E-state index contributed by atoms with van der Waals surface area (Å²) in [5, 5.41) is 0. The summed E-state index contributed by atoms with van der Waals surface area (Å²) < 4.78 is 42.4. The van der Waals surface area contributed by atoms with Gasteiger partial charge in [0.05, 0.1) is 0 Å². The number of carbonyl (C=O) groups excluding carboxylic acids is 1. The van der Waals surface area contributed by atoms with Crippen LogP contribution in [0.4, 0.5) is 13.2 Å². The van der Waals surface area contributed by atoms with Gasteiger partial charge in [-0.2, -0.15) is 13.2 Å². The Kier molecular flexibility index (Phi) is 2.46. The fourth-order valence-electron chi connectivity index (χ4n) is 1.51. The number of ether oxygens (including phenoxy) is 1. The Hall–Kier alpha value is -1.78. The number of rotatable bonds is 1. The molecule has 16 heavy (non-hydrogen) atoms. The van der Waals surface area contributed by atoms with Crippen LogP contribution >= 0.6 is 0 Å². The van der Waals surface area contributed by atoms with Gasteiger partial charge in [0.15, 0.2) is 0 Å². The molecule has 1 aliphatic rings. The van der Waals surface area contributed by atoms with Crippen LogP contribution in [0.15, 0.2) is 29.8 Å². The maximum Gasteiger partial charge on any atom is 0.429 e. The first-order chi connectivity index (χ1) is 7.52. The molecule has 1 aromatic rings. The monoisotopic (exact) mass is 228 g/mol. The largest absolute Gasteiger partial charge is 0.475 e. The van der Waals surface area contributed by atoms with Crippen molar-refractivity contribution in [2.45, 2.75) is 12.3 Å². The van der Waals surface area contributed by atoms with E-state index < -0.39 is 17.9 Å². The van der Waals surface area contributed by atoms with Crippen molar-refractivity contribution in [1.29, 1.82) is 0 Å². The van der Waals surface area contributed by atoms with Crippen molar-refractivity contribution >= 4 is 12.4 Å². The smallest absolute Gasteiger partial charge is 0.429 e. The Morgan fingerprint density at radius 3 is 2.56 bits per heavy atom. The predicted molar refractivity (Wildman–Crippen MR) is 51.0 cm³/mol. The van der Waals surface area contributed by atoms with Crippen LogP contribution in [-0.4, -0.2) is 18.6 Å². The van der Waals surface area contributed by atoms with E-state index in [0.717, 1.165) is 0 Å². The lowest BCUT2D eigenvalue weighted by Gasteiger charge is -2.26. The van der Waals surface area contributed by atoms with Crippen LogP contribution in [0.25, 0.3) is 6.08 Å². The Morgan fingerprint density at radius 2 is 1.94 bits per heavy atom. The van der Waals surface area contributed by atoms with Crippen molar-refractivity contribution < 1.29 is 22.7 Å². The van der Waals surface area contributed by atoms with Gasteiger partial charge in [0, 0.05) is 11.1 Å². The van der Waals surface area contributed by atoms with Gasteiger partial charge in [-0.05, 0) is 12.1 Å². The summed E-state index contributed by atoms with van der Waals surface area (Å²) in [6, 6.07) is 6.26. The quantitative estimate of drug-likeness (QED) is 0.690. The van der Waals surface area contributed by atoms with Gasteiger partial charge in [-0.1, -0.05) is 18.2 Å². The highest BCUT2D eigenvalue weighted by atomic mass is 19.4. The summed E-state index contributed by atoms with van der Waals surface area (Å²) in [5.41, 5.74) is 0.0660. The summed E-state index contributed by atoms with van der Waals surface area (Å²) >= 11 is 0. The molecule has 2 rings (SSSR count). The number of fused-ring (bicyclic) bond motifs is 1. The van der Waals surface area contributed by atoms with Crippen LogP contribution in [0.2, 0.25) is 0 Å². The minimum atomic E-state index is -4.58.